The summed E-state index contributed by atoms with van der Waals surface area (Å²) in [5, 5.41) is 3.58. The lowest BCUT2D eigenvalue weighted by molar-refractivity contribution is 0.313. The average Bonchev–Trinajstić information content (AvgIpc) is 3.28. The van der Waals surface area contributed by atoms with E-state index in [2.05, 4.69) is 44.3 Å². The van der Waals surface area contributed by atoms with E-state index in [9.17, 15) is 4.79 Å². The number of halogens is 1. The van der Waals surface area contributed by atoms with Crippen molar-refractivity contribution in [2.75, 3.05) is 43.4 Å². The van der Waals surface area contributed by atoms with Gasteiger partial charge in [0.2, 0.25) is 0 Å². The van der Waals surface area contributed by atoms with Crippen LogP contribution in [0, 0.1) is 5.82 Å². The molecule has 35 heavy (non-hydrogen) atoms. The smallest absolute Gasteiger partial charge is 0.261 e. The van der Waals surface area contributed by atoms with Crippen LogP contribution in [0.1, 0.15) is 0 Å². The second-order valence-electron chi connectivity index (χ2n) is 8.93. The number of fused-ring (bicyclic) bond motifs is 2. The molecular formula is C27H25FN6O. The molecule has 0 spiro atoms. The molecule has 6 rings (SSSR count). The molecule has 2 aromatic heterocycles. The van der Waals surface area contributed by atoms with Crippen LogP contribution in [0.15, 0.2) is 71.5 Å². The highest BCUT2D eigenvalue weighted by atomic mass is 19.1. The number of aromatic nitrogens is 3. The first kappa shape index (κ1) is 21.4. The topological polar surface area (TPSA) is 80.0 Å². The molecule has 8 heteroatoms. The van der Waals surface area contributed by atoms with Crippen molar-refractivity contribution in [1.29, 1.82) is 0 Å². The van der Waals surface area contributed by atoms with E-state index < -0.39 is 5.82 Å². The molecule has 5 aromatic rings. The van der Waals surface area contributed by atoms with Crippen LogP contribution in [-0.4, -0.2) is 53.1 Å². The number of aromatic amines is 2. The number of anilines is 3. The molecule has 1 aliphatic rings. The van der Waals surface area contributed by atoms with Crippen LogP contribution in [0.5, 0.6) is 0 Å². The third kappa shape index (κ3) is 3.91. The summed E-state index contributed by atoms with van der Waals surface area (Å²) in [7, 11) is 2.13. The fraction of sp³-hybridized carbons (Fsp3) is 0.185. The van der Waals surface area contributed by atoms with E-state index in [0.717, 1.165) is 48.6 Å². The quantitative estimate of drug-likeness (QED) is 0.356. The summed E-state index contributed by atoms with van der Waals surface area (Å²) in [5.41, 5.74) is 4.16. The number of piperazine rings is 1. The zero-order valence-electron chi connectivity index (χ0n) is 19.3. The number of imidazole rings is 1. The van der Waals surface area contributed by atoms with Gasteiger partial charge in [0.15, 0.2) is 0 Å². The van der Waals surface area contributed by atoms with Crippen molar-refractivity contribution >= 4 is 39.0 Å². The van der Waals surface area contributed by atoms with E-state index >= 15 is 4.39 Å². The van der Waals surface area contributed by atoms with Crippen LogP contribution in [0.3, 0.4) is 0 Å². The Labute approximate surface area is 201 Å². The van der Waals surface area contributed by atoms with Crippen LogP contribution in [-0.2, 0) is 0 Å². The zero-order chi connectivity index (χ0) is 23.9. The highest BCUT2D eigenvalue weighted by Gasteiger charge is 2.21. The molecule has 0 saturated carbocycles. The molecule has 0 bridgehead atoms. The van der Waals surface area contributed by atoms with Crippen molar-refractivity contribution in [3.63, 3.8) is 0 Å². The van der Waals surface area contributed by atoms with Gasteiger partial charge in [0, 0.05) is 37.6 Å². The first-order chi connectivity index (χ1) is 17.1. The Kier molecular flexibility index (Phi) is 5.22. The summed E-state index contributed by atoms with van der Waals surface area (Å²) >= 11 is 0. The third-order valence-corrected chi connectivity index (χ3v) is 6.60. The summed E-state index contributed by atoms with van der Waals surface area (Å²) in [4.78, 5) is 28.8. The highest BCUT2D eigenvalue weighted by molar-refractivity contribution is 6.01. The predicted octanol–water partition coefficient (Wildman–Crippen LogP) is 4.71. The number of para-hydroxylation sites is 1. The van der Waals surface area contributed by atoms with Crippen molar-refractivity contribution in [3.05, 3.63) is 82.9 Å². The number of hydrogen-bond donors (Lipinski definition) is 3. The molecule has 3 N–H and O–H groups in total. The molecule has 3 heterocycles. The van der Waals surface area contributed by atoms with Crippen molar-refractivity contribution < 1.29 is 4.39 Å². The maximum absolute atomic E-state index is 15.1. The van der Waals surface area contributed by atoms with E-state index in [-0.39, 0.29) is 11.1 Å². The lowest BCUT2D eigenvalue weighted by Gasteiger charge is -2.34. The molecule has 0 radical (unpaired) electrons. The van der Waals surface area contributed by atoms with Gasteiger partial charge < -0.3 is 25.1 Å². The number of pyridine rings is 1. The normalized spacial score (nSPS) is 14.6. The Bertz CT molecular complexity index is 1580. The Morgan fingerprint density at radius 1 is 0.914 bits per heavy atom. The second kappa shape index (κ2) is 8.56. The number of rotatable bonds is 4. The molecular weight excluding hydrogens is 443 g/mol. The van der Waals surface area contributed by atoms with Crippen molar-refractivity contribution in [3.8, 4) is 11.4 Å². The SMILES string of the molecule is CN1CCN(c2ccc3nc(-c4c(Nc5ccccc5)c5c(F)cccc5[nH]c4=O)[nH]c3c2)CC1. The predicted molar refractivity (Wildman–Crippen MR) is 139 cm³/mol. The van der Waals surface area contributed by atoms with Crippen molar-refractivity contribution in [1.82, 2.24) is 19.9 Å². The summed E-state index contributed by atoms with van der Waals surface area (Å²) in [6, 6.07) is 20.2. The van der Waals surface area contributed by atoms with Gasteiger partial charge in [0.25, 0.3) is 5.56 Å². The van der Waals surface area contributed by atoms with Crippen LogP contribution >= 0.6 is 0 Å². The van der Waals surface area contributed by atoms with Crippen LogP contribution < -0.4 is 15.8 Å². The summed E-state index contributed by atoms with van der Waals surface area (Å²) < 4.78 is 15.1. The van der Waals surface area contributed by atoms with Gasteiger partial charge in [-0.15, -0.1) is 0 Å². The van der Waals surface area contributed by atoms with E-state index in [0.29, 0.717) is 22.4 Å². The van der Waals surface area contributed by atoms with Crippen molar-refractivity contribution in [2.45, 2.75) is 0 Å². The van der Waals surface area contributed by atoms with Crippen molar-refractivity contribution in [2.24, 2.45) is 0 Å². The summed E-state index contributed by atoms with van der Waals surface area (Å²) in [6.45, 7) is 3.94. The van der Waals surface area contributed by atoms with Crippen LogP contribution in [0.2, 0.25) is 0 Å². The monoisotopic (exact) mass is 468 g/mol. The molecule has 7 nitrogen and oxygen atoms in total. The third-order valence-electron chi connectivity index (χ3n) is 6.60. The van der Waals surface area contributed by atoms with Gasteiger partial charge in [0.05, 0.1) is 27.6 Å². The van der Waals surface area contributed by atoms with Gasteiger partial charge in [-0.1, -0.05) is 24.3 Å². The Morgan fingerprint density at radius 2 is 1.71 bits per heavy atom. The Hall–Kier alpha value is -4.17. The molecule has 1 fully saturated rings. The van der Waals surface area contributed by atoms with E-state index in [1.54, 1.807) is 12.1 Å². The maximum atomic E-state index is 15.1. The van der Waals surface area contributed by atoms with Gasteiger partial charge in [-0.05, 0) is 49.5 Å². The molecule has 0 aliphatic carbocycles. The lowest BCUT2D eigenvalue weighted by Crippen LogP contribution is -2.44. The molecule has 0 unspecified atom stereocenters. The molecule has 0 atom stereocenters. The number of nitrogens with zero attached hydrogens (tertiary/aromatic N) is 3. The van der Waals surface area contributed by atoms with Crippen LogP contribution in [0.25, 0.3) is 33.3 Å². The average molecular weight is 469 g/mol. The second-order valence-corrected chi connectivity index (χ2v) is 8.93. The number of nitrogens with one attached hydrogen (secondary N) is 3. The Morgan fingerprint density at radius 3 is 2.51 bits per heavy atom. The minimum atomic E-state index is -0.424. The standard InChI is InChI=1S/C27H25FN6O/c1-33-12-14-34(15-13-33)18-10-11-20-22(16-18)31-26(30-20)24-25(29-17-6-3-2-4-7-17)23-19(28)8-5-9-21(23)32-27(24)35/h2-11,16H,12-15H2,1H3,(H,30,31)(H2,29,32,35). The fourth-order valence-electron chi connectivity index (χ4n) is 4.70. The van der Waals surface area contributed by atoms with E-state index in [1.165, 1.54) is 6.07 Å². The van der Waals surface area contributed by atoms with Gasteiger partial charge in [-0.3, -0.25) is 4.79 Å². The minimum Gasteiger partial charge on any atom is -0.369 e. The first-order valence-electron chi connectivity index (χ1n) is 11.7. The maximum Gasteiger partial charge on any atom is 0.261 e. The zero-order valence-corrected chi connectivity index (χ0v) is 19.3. The van der Waals surface area contributed by atoms with Gasteiger partial charge in [-0.25, -0.2) is 9.37 Å². The lowest BCUT2D eigenvalue weighted by atomic mass is 10.1. The number of hydrogen-bond acceptors (Lipinski definition) is 5. The van der Waals surface area contributed by atoms with Gasteiger partial charge in [-0.2, -0.15) is 0 Å². The molecule has 0 amide bonds. The molecule has 1 aliphatic heterocycles. The van der Waals surface area contributed by atoms with E-state index in [4.69, 9.17) is 4.98 Å². The summed E-state index contributed by atoms with van der Waals surface area (Å²) in [5.74, 6) is -0.0349. The minimum absolute atomic E-state index is 0.267. The van der Waals surface area contributed by atoms with Crippen LogP contribution in [0.4, 0.5) is 21.5 Å². The largest absolute Gasteiger partial charge is 0.369 e. The summed E-state index contributed by atoms with van der Waals surface area (Å²) in [6.07, 6.45) is 0. The van der Waals surface area contributed by atoms with E-state index in [1.807, 2.05) is 36.4 Å². The Balaban J connectivity index is 1.50. The van der Waals surface area contributed by atoms with Gasteiger partial charge in [0.1, 0.15) is 17.2 Å². The van der Waals surface area contributed by atoms with Gasteiger partial charge >= 0.3 is 0 Å². The molecule has 3 aromatic carbocycles. The molecule has 1 saturated heterocycles. The first-order valence-corrected chi connectivity index (χ1v) is 11.7. The number of H-pyrrole nitrogens is 2. The molecule has 176 valence electrons. The fourth-order valence-corrected chi connectivity index (χ4v) is 4.70. The number of benzene rings is 3. The number of likely N-dealkylation sites (N-methyl/N-ethyl adjacent to an activating group) is 1. The highest BCUT2D eigenvalue weighted by Crippen LogP contribution is 2.35.